The number of hydrogen-bond acceptors (Lipinski definition) is 4. The molecule has 0 saturated heterocycles. The van der Waals surface area contributed by atoms with Crippen LogP contribution in [0.5, 0.6) is 5.75 Å². The van der Waals surface area contributed by atoms with Gasteiger partial charge in [-0.1, -0.05) is 13.0 Å². The van der Waals surface area contributed by atoms with Crippen molar-refractivity contribution < 1.29 is 4.74 Å². The monoisotopic (exact) mass is 242 g/mol. The molecule has 5 heteroatoms. The quantitative estimate of drug-likeness (QED) is 0.862. The predicted octanol–water partition coefficient (Wildman–Crippen LogP) is 2.10. The molecular weight excluding hydrogens is 228 g/mol. The van der Waals surface area contributed by atoms with Crippen molar-refractivity contribution in [1.29, 1.82) is 5.26 Å². The molecule has 0 unspecified atom stereocenters. The van der Waals surface area contributed by atoms with Gasteiger partial charge in [-0.25, -0.2) is 4.98 Å². The van der Waals surface area contributed by atoms with Crippen LogP contribution in [0.3, 0.4) is 0 Å². The number of aryl methyl sites for hydroxylation is 1. The van der Waals surface area contributed by atoms with E-state index in [1.54, 1.807) is 7.11 Å². The van der Waals surface area contributed by atoms with Crippen LogP contribution in [-0.2, 0) is 6.42 Å². The molecule has 0 saturated carbocycles. The van der Waals surface area contributed by atoms with E-state index in [2.05, 4.69) is 16.9 Å². The molecule has 2 rings (SSSR count). The number of ether oxygens (including phenoxy) is 1. The third-order valence-corrected chi connectivity index (χ3v) is 2.77. The standard InChI is InChI=1S/C13H14N4O/c1-3-8-4-5-11(18-2)9(6-8)13-16-10(7-14)12(15)17-13/h4-6H,3,15H2,1-2H3,(H,16,17). The minimum absolute atomic E-state index is 0.205. The molecular formula is C13H14N4O. The molecule has 0 atom stereocenters. The molecule has 0 fully saturated rings. The van der Waals surface area contributed by atoms with Crippen LogP contribution >= 0.6 is 0 Å². The van der Waals surface area contributed by atoms with E-state index in [9.17, 15) is 0 Å². The summed E-state index contributed by atoms with van der Waals surface area (Å²) in [5, 5.41) is 8.87. The third-order valence-electron chi connectivity index (χ3n) is 2.77. The summed E-state index contributed by atoms with van der Waals surface area (Å²) in [7, 11) is 1.60. The fourth-order valence-corrected chi connectivity index (χ4v) is 1.76. The number of benzene rings is 1. The molecule has 0 bridgehead atoms. The van der Waals surface area contributed by atoms with Gasteiger partial charge in [0.15, 0.2) is 11.5 Å². The number of rotatable bonds is 3. The summed E-state index contributed by atoms with van der Waals surface area (Å²) < 4.78 is 5.30. The average Bonchev–Trinajstić information content (AvgIpc) is 2.79. The zero-order valence-corrected chi connectivity index (χ0v) is 10.3. The number of H-pyrrole nitrogens is 1. The Morgan fingerprint density at radius 3 is 2.83 bits per heavy atom. The molecule has 0 aliphatic rings. The second kappa shape index (κ2) is 4.80. The van der Waals surface area contributed by atoms with Crippen molar-refractivity contribution >= 4 is 5.82 Å². The number of nitrogens with zero attached hydrogens (tertiary/aromatic N) is 2. The number of imidazole rings is 1. The zero-order chi connectivity index (χ0) is 13.1. The maximum atomic E-state index is 8.87. The molecule has 1 heterocycles. The first kappa shape index (κ1) is 12.0. The van der Waals surface area contributed by atoms with Gasteiger partial charge in [0.1, 0.15) is 17.6 Å². The van der Waals surface area contributed by atoms with Crippen molar-refractivity contribution in [1.82, 2.24) is 9.97 Å². The first-order chi connectivity index (χ1) is 8.69. The Bertz CT molecular complexity index is 610. The highest BCUT2D eigenvalue weighted by Gasteiger charge is 2.13. The lowest BCUT2D eigenvalue weighted by molar-refractivity contribution is 0.416. The Balaban J connectivity index is 2.57. The Morgan fingerprint density at radius 1 is 1.50 bits per heavy atom. The number of aromatic amines is 1. The first-order valence-corrected chi connectivity index (χ1v) is 5.62. The van der Waals surface area contributed by atoms with Gasteiger partial charge >= 0.3 is 0 Å². The minimum Gasteiger partial charge on any atom is -0.496 e. The zero-order valence-electron chi connectivity index (χ0n) is 10.3. The van der Waals surface area contributed by atoms with Crippen molar-refractivity contribution in [2.45, 2.75) is 13.3 Å². The lowest BCUT2D eigenvalue weighted by Crippen LogP contribution is -1.92. The Hall–Kier alpha value is -2.48. The van der Waals surface area contributed by atoms with Crippen LogP contribution in [0.15, 0.2) is 18.2 Å². The van der Waals surface area contributed by atoms with Crippen molar-refractivity contribution in [3.05, 3.63) is 29.5 Å². The van der Waals surface area contributed by atoms with Crippen LogP contribution in [0.25, 0.3) is 11.4 Å². The van der Waals surface area contributed by atoms with E-state index in [0.717, 1.165) is 12.0 Å². The number of nitrogens with two attached hydrogens (primary N) is 1. The minimum atomic E-state index is 0.205. The molecule has 18 heavy (non-hydrogen) atoms. The van der Waals surface area contributed by atoms with Gasteiger partial charge in [0, 0.05) is 0 Å². The Morgan fingerprint density at radius 2 is 2.28 bits per heavy atom. The molecule has 1 aromatic heterocycles. The molecule has 0 aliphatic heterocycles. The van der Waals surface area contributed by atoms with Gasteiger partial charge in [0.2, 0.25) is 0 Å². The van der Waals surface area contributed by atoms with Gasteiger partial charge in [0.25, 0.3) is 0 Å². The lowest BCUT2D eigenvalue weighted by Gasteiger charge is -2.07. The maximum absolute atomic E-state index is 8.87. The number of nitrogens with one attached hydrogen (secondary N) is 1. The largest absolute Gasteiger partial charge is 0.496 e. The van der Waals surface area contributed by atoms with E-state index in [4.69, 9.17) is 15.7 Å². The Kier molecular flexibility index (Phi) is 3.20. The Labute approximate surface area is 105 Å². The van der Waals surface area contributed by atoms with Crippen LogP contribution in [0, 0.1) is 11.3 Å². The summed E-state index contributed by atoms with van der Waals surface area (Å²) >= 11 is 0. The number of anilines is 1. The summed E-state index contributed by atoms with van der Waals surface area (Å²) in [5.74, 6) is 1.46. The van der Waals surface area contributed by atoms with Crippen LogP contribution in [-0.4, -0.2) is 17.1 Å². The first-order valence-electron chi connectivity index (χ1n) is 5.62. The summed E-state index contributed by atoms with van der Waals surface area (Å²) in [5.41, 5.74) is 7.89. The summed E-state index contributed by atoms with van der Waals surface area (Å²) in [4.78, 5) is 7.05. The van der Waals surface area contributed by atoms with Gasteiger partial charge in [-0.05, 0) is 24.1 Å². The molecule has 92 valence electrons. The van der Waals surface area contributed by atoms with E-state index < -0.39 is 0 Å². The van der Waals surface area contributed by atoms with Crippen LogP contribution in [0.4, 0.5) is 5.82 Å². The topological polar surface area (TPSA) is 87.7 Å². The summed E-state index contributed by atoms with van der Waals surface area (Å²) in [6.45, 7) is 2.07. The molecule has 0 spiro atoms. The SMILES string of the molecule is CCc1ccc(OC)c(-c2nc(N)c(C#N)[nH]2)c1. The second-order valence-corrected chi connectivity index (χ2v) is 3.85. The predicted molar refractivity (Wildman–Crippen MR) is 69.1 cm³/mol. The number of methoxy groups -OCH3 is 1. The third kappa shape index (κ3) is 2.00. The molecule has 0 amide bonds. The fourth-order valence-electron chi connectivity index (χ4n) is 1.76. The molecule has 3 N–H and O–H groups in total. The smallest absolute Gasteiger partial charge is 0.161 e. The molecule has 2 aromatic rings. The molecule has 5 nitrogen and oxygen atoms in total. The molecule has 1 aromatic carbocycles. The molecule has 0 radical (unpaired) electrons. The number of nitriles is 1. The van der Waals surface area contributed by atoms with E-state index >= 15 is 0 Å². The maximum Gasteiger partial charge on any atom is 0.161 e. The fraction of sp³-hybridized carbons (Fsp3) is 0.231. The van der Waals surface area contributed by atoms with E-state index in [0.29, 0.717) is 11.6 Å². The highest BCUT2D eigenvalue weighted by Crippen LogP contribution is 2.30. The highest BCUT2D eigenvalue weighted by molar-refractivity contribution is 5.68. The van der Waals surface area contributed by atoms with Crippen molar-refractivity contribution in [2.24, 2.45) is 0 Å². The van der Waals surface area contributed by atoms with Crippen LogP contribution in [0.1, 0.15) is 18.2 Å². The highest BCUT2D eigenvalue weighted by atomic mass is 16.5. The van der Waals surface area contributed by atoms with Gasteiger partial charge < -0.3 is 15.5 Å². The van der Waals surface area contributed by atoms with E-state index in [1.165, 1.54) is 5.56 Å². The van der Waals surface area contributed by atoms with Gasteiger partial charge in [-0.2, -0.15) is 5.26 Å². The average molecular weight is 242 g/mol. The van der Waals surface area contributed by atoms with Crippen molar-refractivity contribution in [2.75, 3.05) is 12.8 Å². The van der Waals surface area contributed by atoms with Gasteiger partial charge in [-0.15, -0.1) is 0 Å². The second-order valence-electron chi connectivity index (χ2n) is 3.85. The van der Waals surface area contributed by atoms with Gasteiger partial charge in [0.05, 0.1) is 12.7 Å². The molecule has 0 aliphatic carbocycles. The van der Waals surface area contributed by atoms with Crippen molar-refractivity contribution in [3.63, 3.8) is 0 Å². The van der Waals surface area contributed by atoms with Crippen LogP contribution in [0.2, 0.25) is 0 Å². The summed E-state index contributed by atoms with van der Waals surface area (Å²) in [6.07, 6.45) is 0.915. The number of aromatic nitrogens is 2. The summed E-state index contributed by atoms with van der Waals surface area (Å²) in [6, 6.07) is 7.84. The number of nitrogen functional groups attached to an aromatic ring is 1. The van der Waals surface area contributed by atoms with Crippen molar-refractivity contribution in [3.8, 4) is 23.2 Å². The lowest BCUT2D eigenvalue weighted by atomic mass is 10.1. The van der Waals surface area contributed by atoms with Gasteiger partial charge in [-0.3, -0.25) is 0 Å². The van der Waals surface area contributed by atoms with E-state index in [1.807, 2.05) is 24.3 Å². The van der Waals surface area contributed by atoms with Crippen LogP contribution < -0.4 is 10.5 Å². The van der Waals surface area contributed by atoms with E-state index in [-0.39, 0.29) is 11.5 Å². The normalized spacial score (nSPS) is 10.1. The number of hydrogen-bond donors (Lipinski definition) is 2.